The summed E-state index contributed by atoms with van der Waals surface area (Å²) in [7, 11) is 1.67. The molecule has 6 nitrogen and oxygen atoms in total. The van der Waals surface area contributed by atoms with Crippen LogP contribution in [0, 0.1) is 5.41 Å². The van der Waals surface area contributed by atoms with Gasteiger partial charge in [-0.25, -0.2) is 0 Å². The number of hydrogen-bond acceptors (Lipinski definition) is 4. The molecule has 5 rings (SSSR count). The fraction of sp³-hybridized carbons (Fsp3) is 0.591. The molecule has 1 atom stereocenters. The average molecular weight is 380 g/mol. The standard InChI is InChI=1S/C22H28N4O2/c1-3-25-15-23-24-19(25)18-13-26(14-21(18)9-4-10-21)20(27)22(11-12-22)16-5-7-17(28-2)8-6-16/h5-8,15,18H,3-4,9-14H2,1-2H3. The van der Waals surface area contributed by atoms with Gasteiger partial charge < -0.3 is 14.2 Å². The fourth-order valence-corrected chi connectivity index (χ4v) is 5.36. The Balaban J connectivity index is 1.41. The van der Waals surface area contributed by atoms with Crippen molar-refractivity contribution in [1.29, 1.82) is 0 Å². The summed E-state index contributed by atoms with van der Waals surface area (Å²) < 4.78 is 7.43. The molecule has 2 saturated carbocycles. The van der Waals surface area contributed by atoms with Gasteiger partial charge in [0.1, 0.15) is 17.9 Å². The number of hydrogen-bond donors (Lipinski definition) is 0. The van der Waals surface area contributed by atoms with E-state index in [-0.39, 0.29) is 10.8 Å². The highest BCUT2D eigenvalue weighted by Crippen LogP contribution is 2.58. The van der Waals surface area contributed by atoms with E-state index in [0.717, 1.165) is 49.6 Å². The van der Waals surface area contributed by atoms with Crippen LogP contribution in [-0.4, -0.2) is 45.8 Å². The van der Waals surface area contributed by atoms with E-state index in [4.69, 9.17) is 4.74 Å². The van der Waals surface area contributed by atoms with Crippen molar-refractivity contribution in [3.05, 3.63) is 42.0 Å². The van der Waals surface area contributed by atoms with Crippen LogP contribution in [0.1, 0.15) is 56.3 Å². The first-order valence-corrected chi connectivity index (χ1v) is 10.4. The predicted molar refractivity (Wildman–Crippen MR) is 105 cm³/mol. The first-order chi connectivity index (χ1) is 13.6. The SMILES string of the molecule is CCn1cnnc1C1CN(C(=O)C2(c3ccc(OC)cc3)CC2)CC12CCC2. The van der Waals surface area contributed by atoms with Crippen LogP contribution in [0.4, 0.5) is 0 Å². The minimum absolute atomic E-state index is 0.200. The lowest BCUT2D eigenvalue weighted by molar-refractivity contribution is -0.133. The molecule has 148 valence electrons. The Morgan fingerprint density at radius 3 is 2.54 bits per heavy atom. The van der Waals surface area contributed by atoms with E-state index in [1.807, 2.05) is 18.5 Å². The van der Waals surface area contributed by atoms with Gasteiger partial charge in [-0.15, -0.1) is 10.2 Å². The Labute approximate surface area is 165 Å². The average Bonchev–Trinajstić information content (AvgIpc) is 3.20. The first kappa shape index (κ1) is 17.7. The van der Waals surface area contributed by atoms with Crippen LogP contribution in [0.25, 0.3) is 0 Å². The molecule has 2 aliphatic carbocycles. The number of rotatable bonds is 5. The largest absolute Gasteiger partial charge is 0.497 e. The molecule has 2 aromatic rings. The summed E-state index contributed by atoms with van der Waals surface area (Å²) >= 11 is 0. The third-order valence-corrected chi connectivity index (χ3v) is 7.38. The van der Waals surface area contributed by atoms with Gasteiger partial charge in [-0.1, -0.05) is 18.6 Å². The van der Waals surface area contributed by atoms with E-state index >= 15 is 0 Å². The Morgan fingerprint density at radius 2 is 1.96 bits per heavy atom. The van der Waals surface area contributed by atoms with Crippen molar-refractivity contribution < 1.29 is 9.53 Å². The number of likely N-dealkylation sites (tertiary alicyclic amines) is 1. The highest BCUT2D eigenvalue weighted by Gasteiger charge is 2.59. The maximum Gasteiger partial charge on any atom is 0.233 e. The Morgan fingerprint density at radius 1 is 1.21 bits per heavy atom. The van der Waals surface area contributed by atoms with Gasteiger partial charge in [-0.2, -0.15) is 0 Å². The van der Waals surface area contributed by atoms with E-state index in [9.17, 15) is 4.79 Å². The predicted octanol–water partition coefficient (Wildman–Crippen LogP) is 3.13. The lowest BCUT2D eigenvalue weighted by Gasteiger charge is -2.42. The number of carbonyl (C=O) groups excluding carboxylic acids is 1. The smallest absolute Gasteiger partial charge is 0.233 e. The van der Waals surface area contributed by atoms with Gasteiger partial charge >= 0.3 is 0 Å². The van der Waals surface area contributed by atoms with Gasteiger partial charge in [-0.3, -0.25) is 4.79 Å². The molecule has 1 aromatic heterocycles. The van der Waals surface area contributed by atoms with E-state index in [0.29, 0.717) is 11.8 Å². The zero-order valence-electron chi connectivity index (χ0n) is 16.7. The Hall–Kier alpha value is -2.37. The summed E-state index contributed by atoms with van der Waals surface area (Å²) in [6.45, 7) is 4.64. The Bertz CT molecular complexity index is 880. The molecule has 0 bridgehead atoms. The van der Waals surface area contributed by atoms with Crippen molar-refractivity contribution in [2.45, 2.75) is 56.9 Å². The molecular weight excluding hydrogens is 352 g/mol. The molecule has 1 spiro atoms. The maximum atomic E-state index is 13.6. The highest BCUT2D eigenvalue weighted by atomic mass is 16.5. The van der Waals surface area contributed by atoms with Crippen molar-refractivity contribution in [3.63, 3.8) is 0 Å². The van der Waals surface area contributed by atoms with E-state index < -0.39 is 0 Å². The molecule has 1 aliphatic heterocycles. The van der Waals surface area contributed by atoms with Crippen molar-refractivity contribution in [2.75, 3.05) is 20.2 Å². The van der Waals surface area contributed by atoms with Crippen molar-refractivity contribution in [1.82, 2.24) is 19.7 Å². The zero-order chi connectivity index (χ0) is 19.4. The number of benzene rings is 1. The molecule has 0 radical (unpaired) electrons. The van der Waals surface area contributed by atoms with Crippen molar-refractivity contribution in [2.24, 2.45) is 5.41 Å². The summed E-state index contributed by atoms with van der Waals surface area (Å²) in [6.07, 6.45) is 7.34. The summed E-state index contributed by atoms with van der Waals surface area (Å²) in [6, 6.07) is 8.05. The molecule has 6 heteroatoms. The molecule has 3 aliphatic rings. The van der Waals surface area contributed by atoms with Crippen LogP contribution in [0.15, 0.2) is 30.6 Å². The minimum Gasteiger partial charge on any atom is -0.497 e. The second-order valence-electron chi connectivity index (χ2n) is 8.74. The summed E-state index contributed by atoms with van der Waals surface area (Å²) in [5.74, 6) is 2.50. The van der Waals surface area contributed by atoms with Crippen LogP contribution < -0.4 is 4.74 Å². The van der Waals surface area contributed by atoms with E-state index in [1.54, 1.807) is 7.11 Å². The van der Waals surface area contributed by atoms with Crippen LogP contribution >= 0.6 is 0 Å². The number of carbonyl (C=O) groups is 1. The van der Waals surface area contributed by atoms with E-state index in [1.165, 1.54) is 19.3 Å². The summed E-state index contributed by atoms with van der Waals surface area (Å²) in [5, 5.41) is 8.61. The third-order valence-electron chi connectivity index (χ3n) is 7.38. The number of methoxy groups -OCH3 is 1. The number of aryl methyl sites for hydroxylation is 1. The number of amides is 1. The quantitative estimate of drug-likeness (QED) is 0.800. The first-order valence-electron chi connectivity index (χ1n) is 10.4. The molecule has 1 amide bonds. The van der Waals surface area contributed by atoms with Crippen LogP contribution in [0.5, 0.6) is 5.75 Å². The number of aromatic nitrogens is 3. The molecule has 1 unspecified atom stereocenters. The molecular formula is C22H28N4O2. The zero-order valence-corrected chi connectivity index (χ0v) is 16.7. The fourth-order valence-electron chi connectivity index (χ4n) is 5.36. The summed E-state index contributed by atoms with van der Waals surface area (Å²) in [5.41, 5.74) is 0.997. The van der Waals surface area contributed by atoms with Crippen LogP contribution in [0.2, 0.25) is 0 Å². The molecule has 1 aromatic carbocycles. The van der Waals surface area contributed by atoms with Gasteiger partial charge in [0.25, 0.3) is 0 Å². The maximum absolute atomic E-state index is 13.6. The molecule has 0 N–H and O–H groups in total. The molecule has 3 fully saturated rings. The van der Waals surface area contributed by atoms with E-state index in [2.05, 4.69) is 38.7 Å². The number of ether oxygens (including phenoxy) is 1. The normalized spacial score (nSPS) is 24.2. The topological polar surface area (TPSA) is 60.2 Å². The highest BCUT2D eigenvalue weighted by molar-refractivity contribution is 5.91. The third kappa shape index (κ3) is 2.50. The van der Waals surface area contributed by atoms with Gasteiger partial charge in [-0.05, 0) is 55.7 Å². The van der Waals surface area contributed by atoms with Gasteiger partial charge in [0, 0.05) is 25.6 Å². The van der Waals surface area contributed by atoms with Gasteiger partial charge in [0.2, 0.25) is 5.91 Å². The second-order valence-corrected chi connectivity index (χ2v) is 8.74. The van der Waals surface area contributed by atoms with Crippen molar-refractivity contribution >= 4 is 5.91 Å². The van der Waals surface area contributed by atoms with Crippen molar-refractivity contribution in [3.8, 4) is 5.75 Å². The number of nitrogens with zero attached hydrogens (tertiary/aromatic N) is 4. The van der Waals surface area contributed by atoms with Gasteiger partial charge in [0.15, 0.2) is 0 Å². The Kier molecular flexibility index (Phi) is 4.00. The second kappa shape index (κ2) is 6.33. The lowest BCUT2D eigenvalue weighted by Crippen LogP contribution is -2.41. The molecule has 28 heavy (non-hydrogen) atoms. The molecule has 1 saturated heterocycles. The van der Waals surface area contributed by atoms with Crippen LogP contribution in [0.3, 0.4) is 0 Å². The van der Waals surface area contributed by atoms with Gasteiger partial charge in [0.05, 0.1) is 12.5 Å². The monoisotopic (exact) mass is 380 g/mol. The van der Waals surface area contributed by atoms with Crippen LogP contribution in [-0.2, 0) is 16.8 Å². The minimum atomic E-state index is -0.329. The summed E-state index contributed by atoms with van der Waals surface area (Å²) in [4.78, 5) is 15.8. The molecule has 2 heterocycles. The lowest BCUT2D eigenvalue weighted by atomic mass is 9.62.